The maximum Gasteiger partial charge on any atom is 0.328 e. The lowest BCUT2D eigenvalue weighted by Gasteiger charge is -2.26. The summed E-state index contributed by atoms with van der Waals surface area (Å²) in [6.07, 6.45) is 3.95. The van der Waals surface area contributed by atoms with Crippen molar-refractivity contribution in [1.82, 2.24) is 10.3 Å². The molecule has 1 aromatic rings. The molecule has 1 rings (SSSR count). The summed E-state index contributed by atoms with van der Waals surface area (Å²) in [5, 5.41) is 12.3. The Kier molecular flexibility index (Phi) is 5.06. The number of pyridine rings is 1. The summed E-state index contributed by atoms with van der Waals surface area (Å²) < 4.78 is 4.92. The van der Waals surface area contributed by atoms with Crippen LogP contribution in [-0.4, -0.2) is 36.3 Å². The number of carboxylic acids is 1. The fourth-order valence-electron chi connectivity index (χ4n) is 1.51. The Morgan fingerprint density at radius 2 is 2.41 bits per heavy atom. The minimum Gasteiger partial charge on any atom is -0.480 e. The molecule has 0 spiro atoms. The highest BCUT2D eigenvalue weighted by atomic mass is 16.5. The zero-order valence-electron chi connectivity index (χ0n) is 10.1. The Bertz CT molecular complexity index is 356. The highest BCUT2D eigenvalue weighted by Crippen LogP contribution is 2.19. The monoisotopic (exact) mass is 238 g/mol. The van der Waals surface area contributed by atoms with Crippen LogP contribution in [-0.2, 0) is 15.1 Å². The van der Waals surface area contributed by atoms with E-state index in [0.29, 0.717) is 18.7 Å². The van der Waals surface area contributed by atoms with E-state index < -0.39 is 11.5 Å². The Morgan fingerprint density at radius 3 is 2.94 bits per heavy atom. The van der Waals surface area contributed by atoms with Crippen molar-refractivity contribution in [3.63, 3.8) is 0 Å². The van der Waals surface area contributed by atoms with Crippen molar-refractivity contribution in [2.45, 2.75) is 18.9 Å². The number of aliphatic carboxylic acids is 1. The van der Waals surface area contributed by atoms with Gasteiger partial charge in [0.15, 0.2) is 0 Å². The second-order valence-electron chi connectivity index (χ2n) is 3.94. The zero-order chi connectivity index (χ0) is 12.7. The number of hydrogen-bond donors (Lipinski definition) is 2. The van der Waals surface area contributed by atoms with Crippen LogP contribution in [0.3, 0.4) is 0 Å². The Hall–Kier alpha value is -1.46. The standard InChI is InChI=1S/C12H18N2O3/c1-12(11(15)16,14-7-4-8-17-2)10-5-3-6-13-9-10/h3,5-6,9,14H,4,7-8H2,1-2H3,(H,15,16). The van der Waals surface area contributed by atoms with Gasteiger partial charge < -0.3 is 9.84 Å². The summed E-state index contributed by atoms with van der Waals surface area (Å²) in [5.41, 5.74) is -0.466. The number of nitrogens with one attached hydrogen (secondary N) is 1. The normalized spacial score (nSPS) is 14.2. The molecule has 0 radical (unpaired) electrons. The molecule has 1 heterocycles. The molecule has 5 nitrogen and oxygen atoms in total. The molecule has 0 saturated heterocycles. The lowest BCUT2D eigenvalue weighted by molar-refractivity contribution is -0.144. The quantitative estimate of drug-likeness (QED) is 0.694. The van der Waals surface area contributed by atoms with Crippen molar-refractivity contribution in [3.05, 3.63) is 30.1 Å². The molecule has 17 heavy (non-hydrogen) atoms. The highest BCUT2D eigenvalue weighted by Gasteiger charge is 2.34. The molecule has 0 aliphatic carbocycles. The number of aromatic nitrogens is 1. The van der Waals surface area contributed by atoms with Crippen LogP contribution >= 0.6 is 0 Å². The van der Waals surface area contributed by atoms with E-state index in [1.165, 1.54) is 0 Å². The van der Waals surface area contributed by atoms with Gasteiger partial charge >= 0.3 is 5.97 Å². The van der Waals surface area contributed by atoms with Crippen LogP contribution in [0, 0.1) is 0 Å². The molecule has 0 bridgehead atoms. The van der Waals surface area contributed by atoms with E-state index in [0.717, 1.165) is 6.42 Å². The summed E-state index contributed by atoms with van der Waals surface area (Å²) in [7, 11) is 1.62. The third kappa shape index (κ3) is 3.51. The topological polar surface area (TPSA) is 71.5 Å². The number of methoxy groups -OCH3 is 1. The maximum atomic E-state index is 11.4. The SMILES string of the molecule is COCCCNC(C)(C(=O)O)c1cccnc1. The van der Waals surface area contributed by atoms with Gasteiger partial charge in [0.05, 0.1) is 0 Å². The van der Waals surface area contributed by atoms with Crippen LogP contribution < -0.4 is 5.32 Å². The predicted molar refractivity (Wildman–Crippen MR) is 63.7 cm³/mol. The average Bonchev–Trinajstić information content (AvgIpc) is 2.35. The minimum atomic E-state index is -1.11. The van der Waals surface area contributed by atoms with Crippen molar-refractivity contribution in [2.24, 2.45) is 0 Å². The molecular weight excluding hydrogens is 220 g/mol. The maximum absolute atomic E-state index is 11.4. The molecule has 0 aromatic carbocycles. The van der Waals surface area contributed by atoms with Gasteiger partial charge in [0, 0.05) is 31.7 Å². The van der Waals surface area contributed by atoms with Gasteiger partial charge in [0.2, 0.25) is 0 Å². The molecule has 1 unspecified atom stereocenters. The third-order valence-electron chi connectivity index (χ3n) is 2.67. The second kappa shape index (κ2) is 6.32. The van der Waals surface area contributed by atoms with Crippen LogP contribution in [0.4, 0.5) is 0 Å². The Labute approximate surface area is 101 Å². The van der Waals surface area contributed by atoms with Gasteiger partial charge in [-0.1, -0.05) is 6.07 Å². The van der Waals surface area contributed by atoms with Crippen LogP contribution in [0.5, 0.6) is 0 Å². The van der Waals surface area contributed by atoms with E-state index in [-0.39, 0.29) is 0 Å². The van der Waals surface area contributed by atoms with Gasteiger partial charge in [-0.05, 0) is 26.0 Å². The minimum absolute atomic E-state index is 0.575. The van der Waals surface area contributed by atoms with E-state index in [9.17, 15) is 9.90 Å². The lowest BCUT2D eigenvalue weighted by Crippen LogP contribution is -2.47. The van der Waals surface area contributed by atoms with E-state index in [4.69, 9.17) is 4.74 Å². The molecule has 1 atom stereocenters. The summed E-state index contributed by atoms with van der Waals surface area (Å²) in [6, 6.07) is 3.48. The van der Waals surface area contributed by atoms with Crippen LogP contribution in [0.1, 0.15) is 18.9 Å². The molecule has 0 fully saturated rings. The van der Waals surface area contributed by atoms with Crippen LogP contribution in [0.25, 0.3) is 0 Å². The van der Waals surface area contributed by atoms with Crippen molar-refractivity contribution in [2.75, 3.05) is 20.3 Å². The third-order valence-corrected chi connectivity index (χ3v) is 2.67. The highest BCUT2D eigenvalue weighted by molar-refractivity contribution is 5.80. The molecule has 94 valence electrons. The van der Waals surface area contributed by atoms with Gasteiger partial charge in [-0.25, -0.2) is 4.79 Å². The fourth-order valence-corrected chi connectivity index (χ4v) is 1.51. The first-order valence-electron chi connectivity index (χ1n) is 5.49. The average molecular weight is 238 g/mol. The van der Waals surface area contributed by atoms with Crippen LogP contribution in [0.2, 0.25) is 0 Å². The number of hydrogen-bond acceptors (Lipinski definition) is 4. The number of nitrogens with zero attached hydrogens (tertiary/aromatic N) is 1. The molecule has 0 aliphatic heterocycles. The smallest absolute Gasteiger partial charge is 0.328 e. The molecule has 0 aliphatic rings. The van der Waals surface area contributed by atoms with Gasteiger partial charge in [-0.2, -0.15) is 0 Å². The summed E-state index contributed by atoms with van der Waals surface area (Å²) >= 11 is 0. The van der Waals surface area contributed by atoms with Gasteiger partial charge in [0.25, 0.3) is 0 Å². The van der Waals surface area contributed by atoms with Crippen molar-refractivity contribution >= 4 is 5.97 Å². The van der Waals surface area contributed by atoms with E-state index >= 15 is 0 Å². The van der Waals surface area contributed by atoms with Crippen LogP contribution in [0.15, 0.2) is 24.5 Å². The molecule has 5 heteroatoms. The number of rotatable bonds is 7. The lowest BCUT2D eigenvalue weighted by atomic mass is 9.93. The van der Waals surface area contributed by atoms with Crippen molar-refractivity contribution in [3.8, 4) is 0 Å². The zero-order valence-corrected chi connectivity index (χ0v) is 10.1. The van der Waals surface area contributed by atoms with Gasteiger partial charge in [-0.15, -0.1) is 0 Å². The summed E-state index contributed by atoms with van der Waals surface area (Å²) in [4.78, 5) is 15.3. The van der Waals surface area contributed by atoms with Crippen molar-refractivity contribution in [1.29, 1.82) is 0 Å². The predicted octanol–water partition coefficient (Wildman–Crippen LogP) is 1.01. The Morgan fingerprint density at radius 1 is 1.65 bits per heavy atom. The largest absolute Gasteiger partial charge is 0.480 e. The second-order valence-corrected chi connectivity index (χ2v) is 3.94. The molecular formula is C12H18N2O3. The first kappa shape index (κ1) is 13.6. The first-order valence-corrected chi connectivity index (χ1v) is 5.49. The van der Waals surface area contributed by atoms with E-state index in [1.807, 2.05) is 0 Å². The summed E-state index contributed by atoms with van der Waals surface area (Å²) in [6.45, 7) is 2.82. The number of carbonyl (C=O) groups is 1. The molecule has 0 saturated carbocycles. The first-order chi connectivity index (χ1) is 8.11. The van der Waals surface area contributed by atoms with Crippen molar-refractivity contribution < 1.29 is 14.6 Å². The van der Waals surface area contributed by atoms with E-state index in [2.05, 4.69) is 10.3 Å². The molecule has 1 aromatic heterocycles. The molecule has 0 amide bonds. The summed E-state index contributed by atoms with van der Waals surface area (Å²) in [5.74, 6) is -0.914. The van der Waals surface area contributed by atoms with Gasteiger partial charge in [0.1, 0.15) is 5.54 Å². The fraction of sp³-hybridized carbons (Fsp3) is 0.500. The van der Waals surface area contributed by atoms with Gasteiger partial charge in [-0.3, -0.25) is 10.3 Å². The Balaban J connectivity index is 2.73. The number of carboxylic acid groups (broad SMARTS) is 1. The molecule has 2 N–H and O–H groups in total. The number of ether oxygens (including phenoxy) is 1. The van der Waals surface area contributed by atoms with E-state index in [1.54, 1.807) is 38.6 Å².